The van der Waals surface area contributed by atoms with Gasteiger partial charge in [-0.15, -0.1) is 0 Å². The van der Waals surface area contributed by atoms with Crippen LogP contribution in [0.2, 0.25) is 0 Å². The Hall–Kier alpha value is -2.34. The third-order valence-corrected chi connectivity index (χ3v) is 6.29. The van der Waals surface area contributed by atoms with Crippen LogP contribution in [0.15, 0.2) is 35.3 Å². The molecule has 2 fully saturated rings. The Kier molecular flexibility index (Phi) is 4.91. The second-order valence-corrected chi connectivity index (χ2v) is 8.58. The van der Waals surface area contributed by atoms with E-state index in [-0.39, 0.29) is 5.41 Å². The Balaban J connectivity index is 1.46. The van der Waals surface area contributed by atoms with E-state index in [1.807, 2.05) is 18.7 Å². The number of ether oxygens (including phenoxy) is 1. The molecular weight excluding hydrogens is 350 g/mol. The summed E-state index contributed by atoms with van der Waals surface area (Å²) in [7, 11) is 1.83. The normalized spacial score (nSPS) is 25.9. The standard InChI is InChI=1S/C22H31N5O/c1-14-12-15(2)27(26-14)18-9-7-6-8-16(18)13-24-21(23-5)25-19-17-10-11-28-20(17)22(19,3)4/h6-9,12,17,19-20H,10-11,13H2,1-5H3,(H2,23,24,25). The van der Waals surface area contributed by atoms with Gasteiger partial charge in [-0.25, -0.2) is 4.68 Å². The van der Waals surface area contributed by atoms with Crippen LogP contribution in [0.1, 0.15) is 37.2 Å². The lowest BCUT2D eigenvalue weighted by Gasteiger charge is -2.54. The van der Waals surface area contributed by atoms with Crippen molar-refractivity contribution in [2.75, 3.05) is 13.7 Å². The van der Waals surface area contributed by atoms with E-state index in [9.17, 15) is 0 Å². The van der Waals surface area contributed by atoms with Crippen LogP contribution in [0.4, 0.5) is 0 Å². The van der Waals surface area contributed by atoms with Crippen molar-refractivity contribution in [2.45, 2.75) is 52.8 Å². The summed E-state index contributed by atoms with van der Waals surface area (Å²) < 4.78 is 7.92. The van der Waals surface area contributed by atoms with E-state index in [2.05, 4.69) is 71.8 Å². The van der Waals surface area contributed by atoms with Crippen molar-refractivity contribution >= 4 is 5.96 Å². The van der Waals surface area contributed by atoms with Gasteiger partial charge in [-0.1, -0.05) is 32.0 Å². The van der Waals surface area contributed by atoms with Gasteiger partial charge in [-0.2, -0.15) is 5.10 Å². The highest BCUT2D eigenvalue weighted by atomic mass is 16.5. The Labute approximate surface area is 167 Å². The maximum Gasteiger partial charge on any atom is 0.191 e. The number of aromatic nitrogens is 2. The maximum absolute atomic E-state index is 5.91. The summed E-state index contributed by atoms with van der Waals surface area (Å²) in [5.41, 5.74) is 4.57. The van der Waals surface area contributed by atoms with E-state index < -0.39 is 0 Å². The second-order valence-electron chi connectivity index (χ2n) is 8.58. The first kappa shape index (κ1) is 19.0. The zero-order valence-corrected chi connectivity index (χ0v) is 17.5. The highest BCUT2D eigenvalue weighted by Gasteiger charge is 2.59. The smallest absolute Gasteiger partial charge is 0.191 e. The van der Waals surface area contributed by atoms with Crippen LogP contribution in [-0.4, -0.2) is 41.5 Å². The van der Waals surface area contributed by atoms with Crippen LogP contribution >= 0.6 is 0 Å². The fourth-order valence-electron chi connectivity index (χ4n) is 4.88. The van der Waals surface area contributed by atoms with Gasteiger partial charge < -0.3 is 15.4 Å². The number of nitrogens with zero attached hydrogens (tertiary/aromatic N) is 3. The van der Waals surface area contributed by atoms with Crippen molar-refractivity contribution in [3.63, 3.8) is 0 Å². The number of aryl methyl sites for hydroxylation is 2. The molecule has 150 valence electrons. The van der Waals surface area contributed by atoms with E-state index >= 15 is 0 Å². The molecule has 0 radical (unpaired) electrons. The molecule has 0 amide bonds. The molecule has 4 rings (SSSR count). The lowest BCUT2D eigenvalue weighted by Crippen LogP contribution is -2.67. The molecule has 28 heavy (non-hydrogen) atoms. The average Bonchev–Trinajstić information content (AvgIpc) is 3.27. The van der Waals surface area contributed by atoms with E-state index in [4.69, 9.17) is 4.74 Å². The molecule has 2 aliphatic rings. The molecule has 6 nitrogen and oxygen atoms in total. The highest BCUT2D eigenvalue weighted by Crippen LogP contribution is 2.52. The first-order chi connectivity index (χ1) is 13.4. The number of benzene rings is 1. The molecule has 0 bridgehead atoms. The van der Waals surface area contributed by atoms with Crippen molar-refractivity contribution in [1.82, 2.24) is 20.4 Å². The number of rotatable bonds is 4. The minimum atomic E-state index is 0.125. The number of guanidine groups is 1. The minimum Gasteiger partial charge on any atom is -0.377 e. The van der Waals surface area contributed by atoms with Gasteiger partial charge in [0.25, 0.3) is 0 Å². The molecule has 1 aromatic carbocycles. The van der Waals surface area contributed by atoms with Crippen LogP contribution in [0, 0.1) is 25.2 Å². The lowest BCUT2D eigenvalue weighted by atomic mass is 9.57. The summed E-state index contributed by atoms with van der Waals surface area (Å²) in [6.45, 7) is 10.2. The first-order valence-corrected chi connectivity index (χ1v) is 10.1. The quantitative estimate of drug-likeness (QED) is 0.631. The molecule has 1 aromatic heterocycles. The van der Waals surface area contributed by atoms with E-state index in [1.54, 1.807) is 0 Å². The van der Waals surface area contributed by atoms with Gasteiger partial charge in [0.15, 0.2) is 5.96 Å². The van der Waals surface area contributed by atoms with E-state index in [1.165, 1.54) is 5.56 Å². The van der Waals surface area contributed by atoms with Crippen LogP contribution in [0.3, 0.4) is 0 Å². The second kappa shape index (κ2) is 7.24. The summed E-state index contributed by atoms with van der Waals surface area (Å²) in [6.07, 6.45) is 1.50. The van der Waals surface area contributed by atoms with E-state index in [0.29, 0.717) is 24.6 Å². The lowest BCUT2D eigenvalue weighted by molar-refractivity contribution is -0.106. The molecule has 3 atom stereocenters. The largest absolute Gasteiger partial charge is 0.377 e. The predicted octanol–water partition coefficient (Wildman–Crippen LogP) is 2.97. The number of hydrogen-bond acceptors (Lipinski definition) is 3. The third-order valence-electron chi connectivity index (χ3n) is 6.29. The SMILES string of the molecule is CN=C(NCc1ccccc1-n1nc(C)cc1C)NC1C2CCOC2C1(C)C. The Morgan fingerprint density at radius 3 is 2.82 bits per heavy atom. The van der Waals surface area contributed by atoms with Crippen LogP contribution < -0.4 is 10.6 Å². The van der Waals surface area contributed by atoms with Gasteiger partial charge in [-0.3, -0.25) is 4.99 Å². The molecule has 1 aliphatic carbocycles. The summed E-state index contributed by atoms with van der Waals surface area (Å²) in [5, 5.41) is 11.8. The van der Waals surface area contributed by atoms with Gasteiger partial charge >= 0.3 is 0 Å². The fourth-order valence-corrected chi connectivity index (χ4v) is 4.88. The summed E-state index contributed by atoms with van der Waals surface area (Å²) in [6, 6.07) is 10.9. The van der Waals surface area contributed by atoms with Crippen molar-refractivity contribution in [2.24, 2.45) is 16.3 Å². The van der Waals surface area contributed by atoms with Crippen LogP contribution in [0.5, 0.6) is 0 Å². The van der Waals surface area contributed by atoms with Crippen molar-refractivity contribution < 1.29 is 4.74 Å². The molecule has 0 spiro atoms. The Morgan fingerprint density at radius 1 is 1.32 bits per heavy atom. The van der Waals surface area contributed by atoms with Crippen LogP contribution in [-0.2, 0) is 11.3 Å². The molecule has 6 heteroatoms. The van der Waals surface area contributed by atoms with E-state index in [0.717, 1.165) is 36.1 Å². The van der Waals surface area contributed by atoms with Gasteiger partial charge in [0.05, 0.1) is 17.5 Å². The topological polar surface area (TPSA) is 63.5 Å². The average molecular weight is 382 g/mol. The molecule has 2 aromatic rings. The van der Waals surface area contributed by atoms with Crippen molar-refractivity contribution in [1.29, 1.82) is 0 Å². The zero-order valence-electron chi connectivity index (χ0n) is 17.5. The highest BCUT2D eigenvalue weighted by molar-refractivity contribution is 5.80. The third kappa shape index (κ3) is 3.20. The molecular formula is C22H31N5O. The van der Waals surface area contributed by atoms with Crippen molar-refractivity contribution in [3.05, 3.63) is 47.3 Å². The van der Waals surface area contributed by atoms with Gasteiger partial charge in [0.2, 0.25) is 0 Å². The van der Waals surface area contributed by atoms with Gasteiger partial charge in [-0.05, 0) is 38.0 Å². The van der Waals surface area contributed by atoms with Gasteiger partial charge in [0, 0.05) is 43.3 Å². The van der Waals surface area contributed by atoms with Crippen molar-refractivity contribution in [3.8, 4) is 5.69 Å². The molecule has 1 saturated heterocycles. The molecule has 1 saturated carbocycles. The molecule has 2 heterocycles. The fraction of sp³-hybridized carbons (Fsp3) is 0.545. The number of fused-ring (bicyclic) bond motifs is 1. The Bertz CT molecular complexity index is 885. The minimum absolute atomic E-state index is 0.125. The Morgan fingerprint density at radius 2 is 2.11 bits per heavy atom. The first-order valence-electron chi connectivity index (χ1n) is 10.1. The summed E-state index contributed by atoms with van der Waals surface area (Å²) in [4.78, 5) is 4.46. The number of nitrogens with one attached hydrogen (secondary N) is 2. The monoisotopic (exact) mass is 381 g/mol. The molecule has 2 N–H and O–H groups in total. The number of hydrogen-bond donors (Lipinski definition) is 2. The predicted molar refractivity (Wildman–Crippen MR) is 112 cm³/mol. The van der Waals surface area contributed by atoms with Crippen LogP contribution in [0.25, 0.3) is 5.69 Å². The summed E-state index contributed by atoms with van der Waals surface area (Å²) >= 11 is 0. The maximum atomic E-state index is 5.91. The number of para-hydroxylation sites is 1. The number of aliphatic imine (C=N–C) groups is 1. The molecule has 3 unspecified atom stereocenters. The molecule has 1 aliphatic heterocycles. The summed E-state index contributed by atoms with van der Waals surface area (Å²) in [5.74, 6) is 1.42. The van der Waals surface area contributed by atoms with Gasteiger partial charge in [0.1, 0.15) is 0 Å². The zero-order chi connectivity index (χ0) is 19.9.